The third kappa shape index (κ3) is 4.96. The number of hydrogen-bond acceptors (Lipinski definition) is 3. The molecule has 0 aliphatic rings. The minimum Gasteiger partial charge on any atom is -0.390 e. The first kappa shape index (κ1) is 14.8. The van der Waals surface area contributed by atoms with Crippen LogP contribution in [0.15, 0.2) is 24.3 Å². The molecule has 0 unspecified atom stereocenters. The molecule has 1 aromatic rings. The third-order valence-corrected chi connectivity index (χ3v) is 3.06. The zero-order valence-corrected chi connectivity index (χ0v) is 12.0. The molecule has 0 atom stereocenters. The van der Waals surface area contributed by atoms with Crippen molar-refractivity contribution in [3.05, 3.63) is 24.3 Å². The molecular weight excluding hydrogens is 224 g/mol. The van der Waals surface area contributed by atoms with Gasteiger partial charge in [-0.3, -0.25) is 0 Å². The lowest BCUT2D eigenvalue weighted by atomic mass is 10.1. The van der Waals surface area contributed by atoms with Crippen molar-refractivity contribution in [1.29, 1.82) is 0 Å². The molecule has 0 saturated heterocycles. The maximum atomic E-state index is 9.63. The lowest BCUT2D eigenvalue weighted by molar-refractivity contribution is 0.0749. The number of benzene rings is 1. The predicted molar refractivity (Wildman–Crippen MR) is 79.4 cm³/mol. The first-order chi connectivity index (χ1) is 8.46. The lowest BCUT2D eigenvalue weighted by Crippen LogP contribution is -2.23. The average Bonchev–Trinajstić information content (AvgIpc) is 2.31. The molecule has 102 valence electrons. The van der Waals surface area contributed by atoms with Gasteiger partial charge in [0.05, 0.1) is 5.60 Å². The Morgan fingerprint density at radius 2 is 1.67 bits per heavy atom. The van der Waals surface area contributed by atoms with Gasteiger partial charge in [0, 0.05) is 31.0 Å². The molecule has 2 N–H and O–H groups in total. The van der Waals surface area contributed by atoms with Crippen molar-refractivity contribution >= 4 is 11.4 Å². The van der Waals surface area contributed by atoms with Gasteiger partial charge < -0.3 is 15.3 Å². The summed E-state index contributed by atoms with van der Waals surface area (Å²) in [4.78, 5) is 2.32. The van der Waals surface area contributed by atoms with E-state index in [0.717, 1.165) is 31.7 Å². The summed E-state index contributed by atoms with van der Waals surface area (Å²) >= 11 is 0. The molecule has 1 aromatic carbocycles. The van der Waals surface area contributed by atoms with Crippen LogP contribution in [0.1, 0.15) is 34.1 Å². The fourth-order valence-corrected chi connectivity index (χ4v) is 1.89. The van der Waals surface area contributed by atoms with E-state index in [1.807, 2.05) is 13.8 Å². The van der Waals surface area contributed by atoms with Crippen molar-refractivity contribution in [1.82, 2.24) is 0 Å². The minimum absolute atomic E-state index is 0.603. The zero-order valence-electron chi connectivity index (χ0n) is 12.0. The zero-order chi connectivity index (χ0) is 13.6. The average molecular weight is 250 g/mol. The Hall–Kier alpha value is -1.22. The Morgan fingerprint density at radius 3 is 2.11 bits per heavy atom. The number of hydrogen-bond donors (Lipinski definition) is 2. The van der Waals surface area contributed by atoms with Crippen LogP contribution in [0.4, 0.5) is 11.4 Å². The van der Waals surface area contributed by atoms with Gasteiger partial charge in [0.15, 0.2) is 0 Å². The van der Waals surface area contributed by atoms with Crippen LogP contribution in [-0.2, 0) is 0 Å². The van der Waals surface area contributed by atoms with E-state index in [4.69, 9.17) is 0 Å². The van der Waals surface area contributed by atoms with Gasteiger partial charge >= 0.3 is 0 Å². The smallest absolute Gasteiger partial charge is 0.0608 e. The maximum absolute atomic E-state index is 9.63. The van der Waals surface area contributed by atoms with E-state index in [-0.39, 0.29) is 0 Å². The second kappa shape index (κ2) is 6.64. The van der Waals surface area contributed by atoms with E-state index in [1.54, 1.807) is 0 Å². The fourth-order valence-electron chi connectivity index (χ4n) is 1.89. The van der Waals surface area contributed by atoms with Crippen LogP contribution >= 0.6 is 0 Å². The normalized spacial score (nSPS) is 11.4. The van der Waals surface area contributed by atoms with Crippen LogP contribution in [0.3, 0.4) is 0 Å². The standard InChI is InChI=1S/C15H26N2O/c1-5-17(6-2)14-9-7-13(8-10-14)16-12-11-15(3,4)18/h7-10,16,18H,5-6,11-12H2,1-4H3. The quantitative estimate of drug-likeness (QED) is 0.780. The van der Waals surface area contributed by atoms with Gasteiger partial charge in [-0.1, -0.05) is 0 Å². The Morgan fingerprint density at radius 1 is 1.11 bits per heavy atom. The van der Waals surface area contributed by atoms with E-state index in [2.05, 4.69) is 48.3 Å². The number of aliphatic hydroxyl groups is 1. The molecule has 0 aliphatic carbocycles. The minimum atomic E-state index is -0.603. The predicted octanol–water partition coefficient (Wildman–Crippen LogP) is 3.11. The largest absolute Gasteiger partial charge is 0.390 e. The second-order valence-electron chi connectivity index (χ2n) is 5.21. The summed E-state index contributed by atoms with van der Waals surface area (Å²) in [5, 5.41) is 13.0. The number of nitrogens with one attached hydrogen (secondary N) is 1. The number of rotatable bonds is 7. The van der Waals surface area contributed by atoms with Crippen LogP contribution in [-0.4, -0.2) is 30.3 Å². The summed E-state index contributed by atoms with van der Waals surface area (Å²) < 4.78 is 0. The summed E-state index contributed by atoms with van der Waals surface area (Å²) in [6.07, 6.45) is 0.741. The van der Waals surface area contributed by atoms with Crippen LogP contribution in [0.2, 0.25) is 0 Å². The third-order valence-electron chi connectivity index (χ3n) is 3.06. The Balaban J connectivity index is 2.50. The summed E-state index contributed by atoms with van der Waals surface area (Å²) in [6.45, 7) is 10.8. The van der Waals surface area contributed by atoms with Crippen LogP contribution in [0.25, 0.3) is 0 Å². The lowest BCUT2D eigenvalue weighted by Gasteiger charge is -2.21. The Kier molecular flexibility index (Phi) is 5.48. The molecule has 0 radical (unpaired) electrons. The molecule has 3 nitrogen and oxygen atoms in total. The van der Waals surface area contributed by atoms with E-state index in [1.165, 1.54) is 5.69 Å². The van der Waals surface area contributed by atoms with Crippen molar-refractivity contribution in [3.63, 3.8) is 0 Å². The van der Waals surface area contributed by atoms with Crippen molar-refractivity contribution in [2.75, 3.05) is 29.9 Å². The molecule has 1 rings (SSSR count). The SMILES string of the molecule is CCN(CC)c1ccc(NCCC(C)(C)O)cc1. The molecule has 0 bridgehead atoms. The molecule has 0 heterocycles. The van der Waals surface area contributed by atoms with Gasteiger partial charge in [-0.15, -0.1) is 0 Å². The van der Waals surface area contributed by atoms with Crippen molar-refractivity contribution in [2.45, 2.75) is 39.7 Å². The monoisotopic (exact) mass is 250 g/mol. The molecule has 0 aromatic heterocycles. The van der Waals surface area contributed by atoms with E-state index >= 15 is 0 Å². The highest BCUT2D eigenvalue weighted by Crippen LogP contribution is 2.18. The van der Waals surface area contributed by atoms with E-state index in [9.17, 15) is 5.11 Å². The molecular formula is C15H26N2O. The Labute approximate surface area is 111 Å². The molecule has 0 spiro atoms. The van der Waals surface area contributed by atoms with Gasteiger partial charge in [0.1, 0.15) is 0 Å². The molecule has 0 fully saturated rings. The highest BCUT2D eigenvalue weighted by molar-refractivity contribution is 5.55. The van der Waals surface area contributed by atoms with Gasteiger partial charge in [0.25, 0.3) is 0 Å². The first-order valence-electron chi connectivity index (χ1n) is 6.77. The summed E-state index contributed by atoms with van der Waals surface area (Å²) in [5.41, 5.74) is 1.76. The van der Waals surface area contributed by atoms with E-state index in [0.29, 0.717) is 0 Å². The number of nitrogens with zero attached hydrogens (tertiary/aromatic N) is 1. The van der Waals surface area contributed by atoms with Crippen molar-refractivity contribution in [3.8, 4) is 0 Å². The van der Waals surface area contributed by atoms with E-state index < -0.39 is 5.60 Å². The van der Waals surface area contributed by atoms with Crippen molar-refractivity contribution in [2.24, 2.45) is 0 Å². The summed E-state index contributed by atoms with van der Waals surface area (Å²) in [7, 11) is 0. The Bertz CT molecular complexity index is 337. The van der Waals surface area contributed by atoms with Crippen molar-refractivity contribution < 1.29 is 5.11 Å². The number of anilines is 2. The molecule has 0 saturated carbocycles. The first-order valence-corrected chi connectivity index (χ1v) is 6.77. The van der Waals surface area contributed by atoms with Crippen LogP contribution in [0, 0.1) is 0 Å². The highest BCUT2D eigenvalue weighted by atomic mass is 16.3. The van der Waals surface area contributed by atoms with Crippen LogP contribution in [0.5, 0.6) is 0 Å². The molecule has 0 aliphatic heterocycles. The highest BCUT2D eigenvalue weighted by Gasteiger charge is 2.11. The summed E-state index contributed by atoms with van der Waals surface area (Å²) in [5.74, 6) is 0. The maximum Gasteiger partial charge on any atom is 0.0608 e. The topological polar surface area (TPSA) is 35.5 Å². The van der Waals surface area contributed by atoms with Gasteiger partial charge in [-0.05, 0) is 58.4 Å². The van der Waals surface area contributed by atoms with Gasteiger partial charge in [-0.2, -0.15) is 0 Å². The summed E-state index contributed by atoms with van der Waals surface area (Å²) in [6, 6.07) is 8.47. The van der Waals surface area contributed by atoms with Gasteiger partial charge in [0.2, 0.25) is 0 Å². The molecule has 3 heteroatoms. The molecule has 0 amide bonds. The second-order valence-corrected chi connectivity index (χ2v) is 5.21. The van der Waals surface area contributed by atoms with Crippen LogP contribution < -0.4 is 10.2 Å². The molecule has 18 heavy (non-hydrogen) atoms. The van der Waals surface area contributed by atoms with Gasteiger partial charge in [-0.25, -0.2) is 0 Å². The fraction of sp³-hybridized carbons (Fsp3) is 0.600.